The van der Waals surface area contributed by atoms with Crippen molar-refractivity contribution in [2.45, 2.75) is 46.1 Å². The highest BCUT2D eigenvalue weighted by molar-refractivity contribution is 14.0. The minimum absolute atomic E-state index is 0. The lowest BCUT2D eigenvalue weighted by atomic mass is 10.0. The monoisotopic (exact) mass is 412 g/mol. The Kier molecular flexibility index (Phi) is 12.4. The lowest BCUT2D eigenvalue weighted by Crippen LogP contribution is -2.46. The topological polar surface area (TPSA) is 62.9 Å². The van der Waals surface area contributed by atoms with Crippen LogP contribution in [0.3, 0.4) is 0 Å². The fraction of sp³-hybridized carbons (Fsp3) is 0.933. The zero-order chi connectivity index (χ0) is 14.8. The van der Waals surface area contributed by atoms with Crippen LogP contribution in [0.4, 0.5) is 0 Å². The molecule has 1 fully saturated rings. The summed E-state index contributed by atoms with van der Waals surface area (Å²) < 4.78 is 5.43. The number of guanidine groups is 1. The van der Waals surface area contributed by atoms with E-state index in [9.17, 15) is 0 Å². The van der Waals surface area contributed by atoms with E-state index in [1.54, 1.807) is 0 Å². The van der Waals surface area contributed by atoms with Gasteiger partial charge < -0.3 is 15.8 Å². The lowest BCUT2D eigenvalue weighted by molar-refractivity contribution is 0.0143. The molecule has 1 heterocycles. The van der Waals surface area contributed by atoms with Crippen molar-refractivity contribution in [3.8, 4) is 0 Å². The summed E-state index contributed by atoms with van der Waals surface area (Å²) in [5, 5.41) is 3.18. The Morgan fingerprint density at radius 1 is 1.33 bits per heavy atom. The van der Waals surface area contributed by atoms with E-state index >= 15 is 0 Å². The maximum absolute atomic E-state index is 5.92. The molecule has 0 amide bonds. The van der Waals surface area contributed by atoms with Crippen molar-refractivity contribution in [1.82, 2.24) is 10.2 Å². The SMILES string of the molecule is CCCCNC(N)=NCC(CC(C)C)N1CCOCC1.I. The molecule has 1 saturated heterocycles. The van der Waals surface area contributed by atoms with Crippen molar-refractivity contribution in [1.29, 1.82) is 0 Å². The van der Waals surface area contributed by atoms with E-state index in [0.29, 0.717) is 17.9 Å². The van der Waals surface area contributed by atoms with Crippen LogP contribution in [0, 0.1) is 5.92 Å². The number of unbranched alkanes of at least 4 members (excludes halogenated alkanes) is 1. The summed E-state index contributed by atoms with van der Waals surface area (Å²) in [7, 11) is 0. The predicted octanol–water partition coefficient (Wildman–Crippen LogP) is 2.06. The largest absolute Gasteiger partial charge is 0.379 e. The second-order valence-corrected chi connectivity index (χ2v) is 5.94. The van der Waals surface area contributed by atoms with Crippen LogP contribution in [0.25, 0.3) is 0 Å². The van der Waals surface area contributed by atoms with Crippen molar-refractivity contribution in [2.24, 2.45) is 16.6 Å². The van der Waals surface area contributed by atoms with Crippen LogP contribution >= 0.6 is 24.0 Å². The summed E-state index contributed by atoms with van der Waals surface area (Å²) in [5.41, 5.74) is 5.92. The zero-order valence-electron chi connectivity index (χ0n) is 13.8. The van der Waals surface area contributed by atoms with E-state index in [-0.39, 0.29) is 24.0 Å². The number of hydrogen-bond acceptors (Lipinski definition) is 3. The molecule has 1 aliphatic rings. The van der Waals surface area contributed by atoms with Crippen LogP contribution in [0.15, 0.2) is 4.99 Å². The molecule has 0 aromatic rings. The Morgan fingerprint density at radius 3 is 2.57 bits per heavy atom. The number of aliphatic imine (C=N–C) groups is 1. The van der Waals surface area contributed by atoms with Crippen LogP contribution in [0.2, 0.25) is 0 Å². The number of ether oxygens (including phenoxy) is 1. The molecule has 6 heteroatoms. The first-order valence-corrected chi connectivity index (χ1v) is 7.99. The van der Waals surface area contributed by atoms with Crippen molar-refractivity contribution in [3.63, 3.8) is 0 Å². The van der Waals surface area contributed by atoms with Crippen molar-refractivity contribution in [2.75, 3.05) is 39.4 Å². The Labute approximate surface area is 147 Å². The average molecular weight is 412 g/mol. The summed E-state index contributed by atoms with van der Waals surface area (Å²) in [5.74, 6) is 1.26. The number of nitrogens with one attached hydrogen (secondary N) is 1. The molecule has 0 spiro atoms. The third-order valence-electron chi connectivity index (χ3n) is 3.61. The molecule has 0 bridgehead atoms. The first-order chi connectivity index (χ1) is 9.63. The fourth-order valence-corrected chi connectivity index (χ4v) is 2.48. The summed E-state index contributed by atoms with van der Waals surface area (Å²) in [4.78, 5) is 7.02. The molecular formula is C15H33IN4O. The predicted molar refractivity (Wildman–Crippen MR) is 100 cm³/mol. The highest BCUT2D eigenvalue weighted by Crippen LogP contribution is 2.13. The minimum Gasteiger partial charge on any atom is -0.379 e. The first kappa shape index (κ1) is 20.9. The van der Waals surface area contributed by atoms with Crippen molar-refractivity contribution >= 4 is 29.9 Å². The maximum Gasteiger partial charge on any atom is 0.188 e. The van der Waals surface area contributed by atoms with Gasteiger partial charge in [0.25, 0.3) is 0 Å². The third-order valence-corrected chi connectivity index (χ3v) is 3.61. The molecule has 0 radical (unpaired) electrons. The van der Waals surface area contributed by atoms with Gasteiger partial charge in [0.2, 0.25) is 0 Å². The zero-order valence-corrected chi connectivity index (χ0v) is 16.1. The van der Waals surface area contributed by atoms with Gasteiger partial charge in [-0.3, -0.25) is 9.89 Å². The van der Waals surface area contributed by atoms with Gasteiger partial charge in [0.05, 0.1) is 19.8 Å². The van der Waals surface area contributed by atoms with Gasteiger partial charge in [-0.05, 0) is 18.8 Å². The molecule has 0 aromatic heterocycles. The summed E-state index contributed by atoms with van der Waals surface area (Å²) in [6, 6.07) is 0.477. The number of rotatable bonds is 8. The first-order valence-electron chi connectivity index (χ1n) is 7.99. The van der Waals surface area contributed by atoms with Gasteiger partial charge in [-0.15, -0.1) is 24.0 Å². The molecule has 1 unspecified atom stereocenters. The van der Waals surface area contributed by atoms with Gasteiger partial charge >= 0.3 is 0 Å². The van der Waals surface area contributed by atoms with E-state index < -0.39 is 0 Å². The van der Waals surface area contributed by atoms with E-state index in [1.807, 2.05) is 0 Å². The summed E-state index contributed by atoms with van der Waals surface area (Å²) in [6.07, 6.45) is 3.46. The van der Waals surface area contributed by atoms with E-state index in [0.717, 1.165) is 52.2 Å². The lowest BCUT2D eigenvalue weighted by Gasteiger charge is -2.34. The number of halogens is 1. The molecule has 1 aliphatic heterocycles. The smallest absolute Gasteiger partial charge is 0.188 e. The molecule has 21 heavy (non-hydrogen) atoms. The molecule has 5 nitrogen and oxygen atoms in total. The second-order valence-electron chi connectivity index (χ2n) is 5.94. The van der Waals surface area contributed by atoms with Gasteiger partial charge in [-0.2, -0.15) is 0 Å². The van der Waals surface area contributed by atoms with Gasteiger partial charge in [0, 0.05) is 25.7 Å². The standard InChI is InChI=1S/C15H32N4O.HI/c1-4-5-6-17-15(16)18-12-14(11-13(2)3)19-7-9-20-10-8-19;/h13-14H,4-12H2,1-3H3,(H3,16,17,18);1H. The van der Waals surface area contributed by atoms with Gasteiger partial charge in [0.1, 0.15) is 0 Å². The summed E-state index contributed by atoms with van der Waals surface area (Å²) in [6.45, 7) is 12.1. The Balaban J connectivity index is 0.00000400. The molecule has 0 saturated carbocycles. The Morgan fingerprint density at radius 2 is 2.00 bits per heavy atom. The van der Waals surface area contributed by atoms with Gasteiger partial charge in [0.15, 0.2) is 5.96 Å². The van der Waals surface area contributed by atoms with Gasteiger partial charge in [-0.1, -0.05) is 27.2 Å². The van der Waals surface area contributed by atoms with Gasteiger partial charge in [-0.25, -0.2) is 0 Å². The van der Waals surface area contributed by atoms with E-state index in [4.69, 9.17) is 10.5 Å². The second kappa shape index (κ2) is 12.5. The van der Waals surface area contributed by atoms with E-state index in [2.05, 4.69) is 36.0 Å². The number of nitrogens with two attached hydrogens (primary N) is 1. The van der Waals surface area contributed by atoms with Crippen molar-refractivity contribution < 1.29 is 4.74 Å². The minimum atomic E-state index is 0. The fourth-order valence-electron chi connectivity index (χ4n) is 2.48. The Bertz CT molecular complexity index is 281. The van der Waals surface area contributed by atoms with Crippen LogP contribution in [0.5, 0.6) is 0 Å². The van der Waals surface area contributed by atoms with E-state index in [1.165, 1.54) is 6.42 Å². The van der Waals surface area contributed by atoms with Crippen LogP contribution in [0.1, 0.15) is 40.0 Å². The number of hydrogen-bond donors (Lipinski definition) is 2. The number of morpholine rings is 1. The Hall–Kier alpha value is -0.0800. The van der Waals surface area contributed by atoms with Crippen LogP contribution in [-0.4, -0.2) is 56.3 Å². The normalized spacial score (nSPS) is 18.4. The molecular weight excluding hydrogens is 379 g/mol. The molecule has 126 valence electrons. The molecule has 1 rings (SSSR count). The molecule has 1 atom stereocenters. The average Bonchev–Trinajstić information content (AvgIpc) is 2.44. The van der Waals surface area contributed by atoms with Crippen LogP contribution < -0.4 is 11.1 Å². The number of nitrogens with zero attached hydrogens (tertiary/aromatic N) is 2. The molecule has 0 aliphatic carbocycles. The summed E-state index contributed by atoms with van der Waals surface area (Å²) >= 11 is 0. The third kappa shape index (κ3) is 9.52. The highest BCUT2D eigenvalue weighted by atomic mass is 127. The van der Waals surface area contributed by atoms with Crippen LogP contribution in [-0.2, 0) is 4.74 Å². The molecule has 3 N–H and O–H groups in total. The maximum atomic E-state index is 5.92. The highest BCUT2D eigenvalue weighted by Gasteiger charge is 2.21. The quantitative estimate of drug-likeness (QED) is 0.277. The van der Waals surface area contributed by atoms with Crippen molar-refractivity contribution in [3.05, 3.63) is 0 Å². The molecule has 0 aromatic carbocycles.